The van der Waals surface area contributed by atoms with Gasteiger partial charge in [0, 0.05) is 12.6 Å². The van der Waals surface area contributed by atoms with Gasteiger partial charge in [0.05, 0.1) is 30.3 Å². The number of nitrogens with zero attached hydrogens (tertiary/aromatic N) is 2. The molecule has 14 nitrogen and oxygen atoms in total. The third-order valence-electron chi connectivity index (χ3n) is 6.75. The summed E-state index contributed by atoms with van der Waals surface area (Å²) in [6.07, 6.45) is -13.7. The van der Waals surface area contributed by atoms with Crippen molar-refractivity contribution in [3.8, 4) is 0 Å². The van der Waals surface area contributed by atoms with Crippen molar-refractivity contribution < 1.29 is 69.3 Å². The van der Waals surface area contributed by atoms with Crippen LogP contribution in [0.2, 0.25) is 0 Å². The maximum absolute atomic E-state index is 13.5. The van der Waals surface area contributed by atoms with E-state index < -0.39 is 74.0 Å². The van der Waals surface area contributed by atoms with E-state index in [1.165, 1.54) is 42.0 Å². The monoisotopic (exact) mass is 674 g/mol. The van der Waals surface area contributed by atoms with Crippen LogP contribution < -0.4 is 11.3 Å². The Hall–Kier alpha value is -3.52. The minimum atomic E-state index is -5.08. The number of anilines is 1. The molecular weight excluding hydrogens is 649 g/mol. The highest BCUT2D eigenvalue weighted by Crippen LogP contribution is 2.58. The summed E-state index contributed by atoms with van der Waals surface area (Å²) in [5, 5.41) is 29.1. The van der Waals surface area contributed by atoms with Crippen molar-refractivity contribution in [3.05, 3.63) is 58.0 Å². The predicted octanol–water partition coefficient (Wildman–Crippen LogP) is 3.27. The van der Waals surface area contributed by atoms with Gasteiger partial charge in [-0.15, -0.1) is 0 Å². The van der Waals surface area contributed by atoms with Gasteiger partial charge in [-0.25, -0.2) is 9.36 Å². The number of rotatable bonds is 5. The molecule has 0 radical (unpaired) electrons. The summed E-state index contributed by atoms with van der Waals surface area (Å²) in [7, 11) is -4.38. The van der Waals surface area contributed by atoms with Crippen LogP contribution in [0.1, 0.15) is 36.8 Å². The molecule has 5 rings (SSSR count). The van der Waals surface area contributed by atoms with Crippen LogP contribution in [0, 0.1) is 0 Å². The second kappa shape index (κ2) is 12.3. The Morgan fingerprint density at radius 3 is 2.51 bits per heavy atom. The number of carbonyl (C=O) groups is 1. The molecule has 2 fully saturated rings. The highest BCUT2D eigenvalue weighted by molar-refractivity contribution is 7.48. The molecule has 6 atom stereocenters. The summed E-state index contributed by atoms with van der Waals surface area (Å²) in [6.45, 7) is 0.470. The standard InChI is InChI=1S/C22H24F3N4O8P.C2HF3O2/c1-21(32)16(30)15(36-19(21)29-8-6-12-17(29)27-20(26)28-18(12)31)10-35-38(33)34-9-7-14(37-38)11-4-2-3-5-13(11)22(23,24)25;3-2(4,5)1(6)7/h2-6,8,14-16,19,30,32H,7,9-10H2,1H3,(H3,26,27,28,31);(H,6,7)/t14-,15+,16+,19+,21+,38+;/m0./s1. The minimum absolute atomic E-state index is 0.00422. The summed E-state index contributed by atoms with van der Waals surface area (Å²) in [5.74, 6) is -2.93. The van der Waals surface area contributed by atoms with Gasteiger partial charge in [0.2, 0.25) is 5.95 Å². The molecule has 2 aliphatic heterocycles. The van der Waals surface area contributed by atoms with Gasteiger partial charge in [0.1, 0.15) is 17.8 Å². The number of aromatic nitrogens is 3. The first-order valence-corrected chi connectivity index (χ1v) is 14.2. The van der Waals surface area contributed by atoms with Crippen molar-refractivity contribution in [2.75, 3.05) is 18.9 Å². The van der Waals surface area contributed by atoms with Crippen LogP contribution in [0.4, 0.5) is 32.3 Å². The molecule has 0 amide bonds. The number of aliphatic carboxylic acids is 1. The number of aromatic amines is 1. The molecule has 1 aromatic carbocycles. The normalized spacial score (nSPS) is 28.9. The first-order chi connectivity index (χ1) is 20.7. The number of phosphoric ester groups is 1. The molecule has 0 unspecified atom stereocenters. The SMILES string of the molecule is C[C@@]1(O)[C@H](O)[C@@H](CO[P@@]2(=O)OCC[C@@H](c3ccccc3C(F)(F)F)O2)O[C@H]1n1ccc2c(=O)[nH]c(N)nc21.O=C(O)C(F)(F)F. The van der Waals surface area contributed by atoms with E-state index in [-0.39, 0.29) is 35.6 Å². The lowest BCUT2D eigenvalue weighted by atomic mass is 9.96. The summed E-state index contributed by atoms with van der Waals surface area (Å²) >= 11 is 0. The summed E-state index contributed by atoms with van der Waals surface area (Å²) < 4.78 is 108. The van der Waals surface area contributed by atoms with E-state index in [0.717, 1.165) is 6.07 Å². The fourth-order valence-corrected chi connectivity index (χ4v) is 6.00. The van der Waals surface area contributed by atoms with Crippen LogP contribution in [0.25, 0.3) is 11.0 Å². The molecule has 4 heterocycles. The van der Waals surface area contributed by atoms with Crippen molar-refractivity contribution in [3.63, 3.8) is 0 Å². The molecule has 0 bridgehead atoms. The number of nitrogen functional groups attached to an aromatic ring is 1. The molecule has 248 valence electrons. The van der Waals surface area contributed by atoms with Gasteiger partial charge in [-0.3, -0.25) is 23.3 Å². The Labute approximate surface area is 247 Å². The van der Waals surface area contributed by atoms with Gasteiger partial charge >= 0.3 is 26.1 Å². The van der Waals surface area contributed by atoms with Crippen molar-refractivity contribution in [2.24, 2.45) is 0 Å². The summed E-state index contributed by atoms with van der Waals surface area (Å²) in [4.78, 5) is 27.5. The fourth-order valence-electron chi connectivity index (χ4n) is 4.62. The minimum Gasteiger partial charge on any atom is -0.475 e. The van der Waals surface area contributed by atoms with E-state index in [9.17, 15) is 45.9 Å². The van der Waals surface area contributed by atoms with Gasteiger partial charge in [-0.05, 0) is 24.6 Å². The number of benzene rings is 1. The average molecular weight is 674 g/mol. The fraction of sp³-hybridized carbons (Fsp3) is 0.458. The quantitative estimate of drug-likeness (QED) is 0.195. The number of aliphatic hydroxyl groups is 2. The number of carboxylic acids is 1. The van der Waals surface area contributed by atoms with Crippen LogP contribution in [-0.4, -0.2) is 73.0 Å². The number of nitrogens with two attached hydrogens (primary N) is 1. The largest absolute Gasteiger partial charge is 0.490 e. The maximum atomic E-state index is 13.5. The highest BCUT2D eigenvalue weighted by Gasteiger charge is 2.54. The molecule has 2 saturated heterocycles. The Kier molecular flexibility index (Phi) is 9.43. The third-order valence-corrected chi connectivity index (χ3v) is 8.22. The Balaban J connectivity index is 0.000000591. The number of aliphatic hydroxyl groups excluding tert-OH is 1. The van der Waals surface area contributed by atoms with Crippen molar-refractivity contribution in [2.45, 2.75) is 55.8 Å². The number of fused-ring (bicyclic) bond motifs is 1. The van der Waals surface area contributed by atoms with Crippen molar-refractivity contribution >= 4 is 30.8 Å². The van der Waals surface area contributed by atoms with Gasteiger partial charge < -0.3 is 30.4 Å². The van der Waals surface area contributed by atoms with Gasteiger partial charge in [-0.1, -0.05) is 18.2 Å². The number of nitrogens with one attached hydrogen (secondary N) is 1. The Morgan fingerprint density at radius 2 is 1.89 bits per heavy atom. The van der Waals surface area contributed by atoms with E-state index in [1.54, 1.807) is 0 Å². The zero-order chi connectivity index (χ0) is 33.5. The number of hydrogen-bond donors (Lipinski definition) is 5. The first-order valence-electron chi connectivity index (χ1n) is 12.7. The second-order valence-electron chi connectivity index (χ2n) is 9.96. The zero-order valence-corrected chi connectivity index (χ0v) is 23.7. The first kappa shape index (κ1) is 34.4. The number of halogens is 6. The average Bonchev–Trinajstić information content (AvgIpc) is 3.44. The van der Waals surface area contributed by atoms with E-state index in [2.05, 4.69) is 9.97 Å². The molecule has 0 spiro atoms. The summed E-state index contributed by atoms with van der Waals surface area (Å²) in [6, 6.07) is 6.18. The topological polar surface area (TPSA) is 208 Å². The Bertz CT molecular complexity index is 1660. The van der Waals surface area contributed by atoms with Crippen LogP contribution in [0.15, 0.2) is 41.3 Å². The van der Waals surface area contributed by atoms with Crippen molar-refractivity contribution in [1.82, 2.24) is 14.5 Å². The maximum Gasteiger partial charge on any atom is 0.490 e. The summed E-state index contributed by atoms with van der Waals surface area (Å²) in [5.41, 5.74) is 2.12. The number of hydrogen-bond acceptors (Lipinski definition) is 11. The number of phosphoric acid groups is 1. The molecular formula is C24H25F6N4O10P. The van der Waals surface area contributed by atoms with Crippen LogP contribution in [-0.2, 0) is 33.8 Å². The van der Waals surface area contributed by atoms with Crippen molar-refractivity contribution in [1.29, 1.82) is 0 Å². The van der Waals surface area contributed by atoms with Crippen LogP contribution in [0.5, 0.6) is 0 Å². The zero-order valence-electron chi connectivity index (χ0n) is 22.8. The lowest BCUT2D eigenvalue weighted by Gasteiger charge is -2.31. The van der Waals surface area contributed by atoms with E-state index >= 15 is 0 Å². The molecule has 2 aliphatic rings. The number of carboxylic acid groups (broad SMARTS) is 1. The number of H-pyrrole nitrogens is 1. The van der Waals surface area contributed by atoms with Gasteiger partial charge in [0.15, 0.2) is 11.9 Å². The van der Waals surface area contributed by atoms with Crippen LogP contribution >= 0.6 is 7.82 Å². The van der Waals surface area contributed by atoms with Gasteiger partial charge in [0.25, 0.3) is 5.56 Å². The molecule has 0 aliphatic carbocycles. The smallest absolute Gasteiger partial charge is 0.475 e. The predicted molar refractivity (Wildman–Crippen MR) is 138 cm³/mol. The lowest BCUT2D eigenvalue weighted by molar-refractivity contribution is -0.192. The van der Waals surface area contributed by atoms with Crippen LogP contribution in [0.3, 0.4) is 0 Å². The molecule has 0 saturated carbocycles. The van der Waals surface area contributed by atoms with Gasteiger partial charge in [-0.2, -0.15) is 31.3 Å². The highest BCUT2D eigenvalue weighted by atomic mass is 31.2. The van der Waals surface area contributed by atoms with E-state index in [0.29, 0.717) is 0 Å². The third kappa shape index (κ3) is 7.32. The van der Waals surface area contributed by atoms with E-state index in [4.69, 9.17) is 33.9 Å². The second-order valence-corrected chi connectivity index (χ2v) is 11.6. The van der Waals surface area contributed by atoms with E-state index in [1.807, 2.05) is 0 Å². The molecule has 2 aromatic heterocycles. The lowest BCUT2D eigenvalue weighted by Crippen LogP contribution is -2.44. The molecule has 3 aromatic rings. The molecule has 21 heteroatoms. The molecule has 6 N–H and O–H groups in total. The molecule has 45 heavy (non-hydrogen) atoms. The number of alkyl halides is 6. The Morgan fingerprint density at radius 1 is 1.24 bits per heavy atom. The number of ether oxygens (including phenoxy) is 1.